The van der Waals surface area contributed by atoms with Gasteiger partial charge in [0.1, 0.15) is 0 Å². The molecule has 0 bridgehead atoms. The van der Waals surface area contributed by atoms with Gasteiger partial charge in [-0.05, 0) is 53.3 Å². The molecule has 2 aliphatic heterocycles. The van der Waals surface area contributed by atoms with Gasteiger partial charge in [-0.25, -0.2) is 9.79 Å². The van der Waals surface area contributed by atoms with Crippen molar-refractivity contribution in [2.45, 2.75) is 38.0 Å². The van der Waals surface area contributed by atoms with Gasteiger partial charge in [0.2, 0.25) is 5.90 Å². The van der Waals surface area contributed by atoms with Gasteiger partial charge >= 0.3 is 5.97 Å². The number of cyclic esters (lactones) is 1. The molecule has 0 unspecified atom stereocenters. The summed E-state index contributed by atoms with van der Waals surface area (Å²) in [6.45, 7) is 2.76. The summed E-state index contributed by atoms with van der Waals surface area (Å²) in [6, 6.07) is 22.5. The lowest BCUT2D eigenvalue weighted by atomic mass is 9.84. The highest BCUT2D eigenvalue weighted by atomic mass is 35.5. The Labute approximate surface area is 235 Å². The predicted molar refractivity (Wildman–Crippen MR) is 159 cm³/mol. The highest BCUT2D eigenvalue weighted by Gasteiger charge is 2.27. The first-order valence-corrected chi connectivity index (χ1v) is 13.6. The minimum absolute atomic E-state index is 0. The fourth-order valence-corrected chi connectivity index (χ4v) is 5.66. The van der Waals surface area contributed by atoms with Gasteiger partial charge in [0.25, 0.3) is 0 Å². The maximum absolute atomic E-state index is 12.6. The van der Waals surface area contributed by atoms with Gasteiger partial charge in [-0.1, -0.05) is 67.8 Å². The highest BCUT2D eigenvalue weighted by Crippen LogP contribution is 2.33. The van der Waals surface area contributed by atoms with Crippen molar-refractivity contribution in [1.29, 1.82) is 5.41 Å². The predicted octanol–water partition coefficient (Wildman–Crippen LogP) is 6.12. The molecule has 7 nitrogen and oxygen atoms in total. The van der Waals surface area contributed by atoms with Gasteiger partial charge in [-0.2, -0.15) is 0 Å². The number of nitrogens with zero attached hydrogens (tertiary/aromatic N) is 3. The zero-order chi connectivity index (χ0) is 25.9. The summed E-state index contributed by atoms with van der Waals surface area (Å²) < 4.78 is 5.54. The van der Waals surface area contributed by atoms with Gasteiger partial charge in [0.05, 0.1) is 0 Å². The molecule has 8 heteroatoms. The van der Waals surface area contributed by atoms with E-state index < -0.39 is 5.97 Å². The molecule has 0 radical (unpaired) electrons. The van der Waals surface area contributed by atoms with Crippen LogP contribution >= 0.6 is 12.4 Å². The van der Waals surface area contributed by atoms with Gasteiger partial charge in [-0.15, -0.1) is 12.4 Å². The summed E-state index contributed by atoms with van der Waals surface area (Å²) in [6.07, 6.45) is 8.39. The topological polar surface area (TPSA) is 81.0 Å². The van der Waals surface area contributed by atoms with Crippen molar-refractivity contribution in [2.75, 3.05) is 31.5 Å². The van der Waals surface area contributed by atoms with Crippen LogP contribution in [0.3, 0.4) is 0 Å². The average Bonchev–Trinajstić information content (AvgIpc) is 3.33. The van der Waals surface area contributed by atoms with E-state index in [1.807, 2.05) is 47.4 Å². The van der Waals surface area contributed by atoms with Crippen molar-refractivity contribution in [3.05, 3.63) is 89.8 Å². The molecule has 2 heterocycles. The Morgan fingerprint density at radius 2 is 1.64 bits per heavy atom. The SMILES string of the molecule is Cl.N=C(Nc1ccc(C2CCCCC2)cc1)N1CCN(C=C2N=C(c3cccc4ccccc34)OC2=O)CC1. The number of esters is 1. The zero-order valence-electron chi connectivity index (χ0n) is 21.9. The Kier molecular flexibility index (Phi) is 8.17. The summed E-state index contributed by atoms with van der Waals surface area (Å²) >= 11 is 0. The van der Waals surface area contributed by atoms with Crippen molar-refractivity contribution in [2.24, 2.45) is 4.99 Å². The number of guanidine groups is 1. The summed E-state index contributed by atoms with van der Waals surface area (Å²) in [5.74, 6) is 1.00. The van der Waals surface area contributed by atoms with Gasteiger partial charge in [-0.3, -0.25) is 5.41 Å². The molecule has 3 aromatic rings. The maximum Gasteiger partial charge on any atom is 0.365 e. The summed E-state index contributed by atoms with van der Waals surface area (Å²) in [4.78, 5) is 21.2. The lowest BCUT2D eigenvalue weighted by Gasteiger charge is -2.35. The number of aliphatic imine (C=N–C) groups is 1. The van der Waals surface area contributed by atoms with Crippen LogP contribution in [0.1, 0.15) is 49.1 Å². The van der Waals surface area contributed by atoms with Crippen LogP contribution in [0.2, 0.25) is 0 Å². The van der Waals surface area contributed by atoms with Gasteiger partial charge in [0, 0.05) is 43.6 Å². The third-order valence-corrected chi connectivity index (χ3v) is 7.83. The third kappa shape index (κ3) is 5.93. The minimum atomic E-state index is -0.429. The number of ether oxygens (including phenoxy) is 1. The van der Waals surface area contributed by atoms with E-state index in [1.54, 1.807) is 6.20 Å². The smallest absolute Gasteiger partial charge is 0.365 e. The van der Waals surface area contributed by atoms with E-state index >= 15 is 0 Å². The second-order valence-corrected chi connectivity index (χ2v) is 10.3. The van der Waals surface area contributed by atoms with Crippen LogP contribution in [-0.4, -0.2) is 53.8 Å². The Morgan fingerprint density at radius 1 is 0.923 bits per heavy atom. The molecule has 39 heavy (non-hydrogen) atoms. The lowest BCUT2D eigenvalue weighted by molar-refractivity contribution is -0.130. The van der Waals surface area contributed by atoms with E-state index in [1.165, 1.54) is 37.7 Å². The first-order chi connectivity index (χ1) is 18.6. The molecule has 3 aliphatic rings. The lowest BCUT2D eigenvalue weighted by Crippen LogP contribution is -2.48. The first-order valence-electron chi connectivity index (χ1n) is 13.6. The van der Waals surface area contributed by atoms with Crippen LogP contribution in [0.15, 0.2) is 83.6 Å². The van der Waals surface area contributed by atoms with Gasteiger partial charge < -0.3 is 19.9 Å². The molecule has 0 atom stereocenters. The van der Waals surface area contributed by atoms with Crippen molar-refractivity contribution in [3.63, 3.8) is 0 Å². The van der Waals surface area contributed by atoms with Crippen LogP contribution in [0.25, 0.3) is 10.8 Å². The molecule has 3 aromatic carbocycles. The number of halogens is 1. The number of benzene rings is 3. The number of hydrogen-bond donors (Lipinski definition) is 2. The Hall–Kier alpha value is -3.84. The van der Waals surface area contributed by atoms with Crippen molar-refractivity contribution < 1.29 is 9.53 Å². The second kappa shape index (κ2) is 11.9. The Bertz CT molecular complexity index is 1400. The quantitative estimate of drug-likeness (QED) is 0.179. The molecular formula is C31H34ClN5O2. The number of rotatable bonds is 4. The number of carbonyl (C=O) groups is 1. The number of hydrogen-bond acceptors (Lipinski definition) is 5. The first kappa shape index (κ1) is 26.8. The van der Waals surface area contributed by atoms with Crippen LogP contribution in [0.4, 0.5) is 5.69 Å². The van der Waals surface area contributed by atoms with Crippen LogP contribution in [-0.2, 0) is 9.53 Å². The van der Waals surface area contributed by atoms with E-state index in [9.17, 15) is 4.79 Å². The summed E-state index contributed by atoms with van der Waals surface area (Å²) in [5.41, 5.74) is 3.49. The standard InChI is InChI=1S/C31H33N5O2.ClH/c32-31(33-25-15-13-23(14-16-25)22-7-2-1-3-8-22)36-19-17-35(18-20-36)21-28-30(37)38-29(34-28)27-12-6-10-24-9-4-5-11-26(24)27;/h4-6,9-16,21-22H,1-3,7-8,17-20H2,(H2,32,33);1H. The number of piperazine rings is 1. The fourth-order valence-electron chi connectivity index (χ4n) is 5.66. The third-order valence-electron chi connectivity index (χ3n) is 7.83. The number of nitrogens with one attached hydrogen (secondary N) is 2. The molecular weight excluding hydrogens is 510 g/mol. The summed E-state index contributed by atoms with van der Waals surface area (Å²) in [5, 5.41) is 13.9. The van der Waals surface area contributed by atoms with Gasteiger partial charge in [0.15, 0.2) is 11.7 Å². The molecule has 1 saturated carbocycles. The van der Waals surface area contributed by atoms with E-state index in [-0.39, 0.29) is 12.4 Å². The summed E-state index contributed by atoms with van der Waals surface area (Å²) in [7, 11) is 0. The molecule has 2 N–H and O–H groups in total. The average molecular weight is 544 g/mol. The molecule has 2 fully saturated rings. The molecule has 1 saturated heterocycles. The van der Waals surface area contributed by atoms with E-state index in [0.717, 1.165) is 22.0 Å². The number of anilines is 1. The zero-order valence-corrected chi connectivity index (χ0v) is 22.8. The number of carbonyl (C=O) groups excluding carboxylic acids is 1. The maximum atomic E-state index is 12.6. The number of fused-ring (bicyclic) bond motifs is 1. The van der Waals surface area contributed by atoms with Crippen LogP contribution < -0.4 is 5.32 Å². The molecule has 0 spiro atoms. The molecule has 0 amide bonds. The van der Waals surface area contributed by atoms with Crippen LogP contribution in [0, 0.1) is 5.41 Å². The van der Waals surface area contributed by atoms with Crippen molar-refractivity contribution >= 4 is 46.7 Å². The van der Waals surface area contributed by atoms with Crippen molar-refractivity contribution in [1.82, 2.24) is 9.80 Å². The minimum Gasteiger partial charge on any atom is -0.402 e. The Balaban J connectivity index is 0.00000308. The van der Waals surface area contributed by atoms with E-state index in [2.05, 4.69) is 39.5 Å². The molecule has 0 aromatic heterocycles. The Morgan fingerprint density at radius 3 is 2.41 bits per heavy atom. The molecule has 1 aliphatic carbocycles. The highest BCUT2D eigenvalue weighted by molar-refractivity contribution is 6.16. The van der Waals surface area contributed by atoms with Crippen LogP contribution in [0.5, 0.6) is 0 Å². The monoisotopic (exact) mass is 543 g/mol. The fraction of sp³-hybridized carbons (Fsp3) is 0.323. The van der Waals surface area contributed by atoms with Crippen molar-refractivity contribution in [3.8, 4) is 0 Å². The van der Waals surface area contributed by atoms with E-state index in [4.69, 9.17) is 10.1 Å². The second-order valence-electron chi connectivity index (χ2n) is 10.3. The molecule has 202 valence electrons. The normalized spacial score (nSPS) is 19.0. The largest absolute Gasteiger partial charge is 0.402 e. The molecule has 6 rings (SSSR count). The van der Waals surface area contributed by atoms with E-state index in [0.29, 0.717) is 49.7 Å².